The van der Waals surface area contributed by atoms with Crippen LogP contribution in [0.1, 0.15) is 18.0 Å². The summed E-state index contributed by atoms with van der Waals surface area (Å²) >= 11 is 0. The van der Waals surface area contributed by atoms with Crippen LogP contribution in [0.4, 0.5) is 0 Å². The van der Waals surface area contributed by atoms with E-state index < -0.39 is 0 Å². The molecule has 0 saturated heterocycles. The van der Waals surface area contributed by atoms with E-state index in [1.54, 1.807) is 14.2 Å². The molecule has 0 fully saturated rings. The highest BCUT2D eigenvalue weighted by Crippen LogP contribution is 2.34. The molecule has 17 heavy (non-hydrogen) atoms. The lowest BCUT2D eigenvalue weighted by Gasteiger charge is -2.20. The lowest BCUT2D eigenvalue weighted by molar-refractivity contribution is 0.288. The van der Waals surface area contributed by atoms with Crippen molar-refractivity contribution in [3.8, 4) is 11.5 Å². The van der Waals surface area contributed by atoms with Crippen molar-refractivity contribution in [2.45, 2.75) is 12.5 Å². The molecule has 0 aromatic heterocycles. The largest absolute Gasteiger partial charge is 0.493 e. The normalized spacial score (nSPS) is 19.1. The molecule has 1 aliphatic heterocycles. The summed E-state index contributed by atoms with van der Waals surface area (Å²) < 4.78 is 10.5. The number of hydrogen-bond acceptors (Lipinski definition) is 5. The number of nitrogens with zero attached hydrogens (tertiary/aromatic N) is 2. The van der Waals surface area contributed by atoms with E-state index in [2.05, 4.69) is 5.10 Å². The van der Waals surface area contributed by atoms with Crippen molar-refractivity contribution in [1.82, 2.24) is 5.01 Å². The highest BCUT2D eigenvalue weighted by Gasteiger charge is 2.24. The van der Waals surface area contributed by atoms with Crippen molar-refractivity contribution in [3.63, 3.8) is 0 Å². The summed E-state index contributed by atoms with van der Waals surface area (Å²) in [5.41, 5.74) is 6.85. The first-order valence-corrected chi connectivity index (χ1v) is 5.43. The third-order valence-electron chi connectivity index (χ3n) is 2.93. The molecule has 92 valence electrons. The Balaban J connectivity index is 2.28. The molecule has 0 aliphatic carbocycles. The van der Waals surface area contributed by atoms with E-state index in [1.807, 2.05) is 30.3 Å². The molecule has 0 bridgehead atoms. The van der Waals surface area contributed by atoms with E-state index in [0.717, 1.165) is 23.5 Å². The molecule has 0 spiro atoms. The average molecular weight is 235 g/mol. The van der Waals surface area contributed by atoms with Gasteiger partial charge in [0.15, 0.2) is 11.5 Å². The fourth-order valence-electron chi connectivity index (χ4n) is 2.04. The SMILES string of the molecule is COc1ccc([C@H]2CC(N)=NN2C)cc1OC. The molecule has 2 N–H and O–H groups in total. The second kappa shape index (κ2) is 4.53. The first-order chi connectivity index (χ1) is 8.15. The van der Waals surface area contributed by atoms with E-state index >= 15 is 0 Å². The number of rotatable bonds is 3. The van der Waals surface area contributed by atoms with Crippen molar-refractivity contribution in [1.29, 1.82) is 0 Å². The molecule has 1 heterocycles. The Morgan fingerprint density at radius 1 is 1.29 bits per heavy atom. The van der Waals surface area contributed by atoms with E-state index in [0.29, 0.717) is 5.84 Å². The Morgan fingerprint density at radius 2 is 2.00 bits per heavy atom. The Kier molecular flexibility index (Phi) is 3.08. The van der Waals surface area contributed by atoms with Crippen molar-refractivity contribution < 1.29 is 9.47 Å². The molecule has 2 rings (SSSR count). The molecule has 0 amide bonds. The first-order valence-electron chi connectivity index (χ1n) is 5.43. The zero-order valence-electron chi connectivity index (χ0n) is 10.3. The third kappa shape index (κ3) is 2.13. The lowest BCUT2D eigenvalue weighted by Crippen LogP contribution is -2.14. The van der Waals surface area contributed by atoms with Gasteiger partial charge in [0.05, 0.1) is 20.3 Å². The number of hydrazone groups is 1. The topological polar surface area (TPSA) is 60.1 Å². The van der Waals surface area contributed by atoms with Crippen LogP contribution in [0.2, 0.25) is 0 Å². The van der Waals surface area contributed by atoms with E-state index in [-0.39, 0.29) is 6.04 Å². The fourth-order valence-corrected chi connectivity index (χ4v) is 2.04. The van der Waals surface area contributed by atoms with Gasteiger partial charge in [-0.05, 0) is 17.7 Å². The van der Waals surface area contributed by atoms with E-state index in [9.17, 15) is 0 Å². The van der Waals surface area contributed by atoms with Crippen LogP contribution < -0.4 is 15.2 Å². The summed E-state index contributed by atoms with van der Waals surface area (Å²) in [6.07, 6.45) is 0.742. The molecular formula is C12H17N3O2. The minimum absolute atomic E-state index is 0.176. The molecule has 0 unspecified atom stereocenters. The second-order valence-corrected chi connectivity index (χ2v) is 4.00. The van der Waals surface area contributed by atoms with Gasteiger partial charge in [0.2, 0.25) is 0 Å². The minimum Gasteiger partial charge on any atom is -0.493 e. The standard InChI is InChI=1S/C12H17N3O2/c1-15-9(7-12(13)14-15)8-4-5-10(16-2)11(6-8)17-3/h4-6,9H,7H2,1-3H3,(H2,13,14)/t9-/m1/s1. The Labute approximate surface area is 101 Å². The number of hydrogen-bond donors (Lipinski definition) is 1. The van der Waals surface area contributed by atoms with Gasteiger partial charge in [-0.25, -0.2) is 0 Å². The maximum absolute atomic E-state index is 5.73. The molecule has 1 atom stereocenters. The molecule has 5 heteroatoms. The number of amidine groups is 1. The van der Waals surface area contributed by atoms with Crippen LogP contribution in [0.15, 0.2) is 23.3 Å². The Hall–Kier alpha value is -1.91. The number of nitrogens with two attached hydrogens (primary N) is 1. The van der Waals surface area contributed by atoms with Gasteiger partial charge in [-0.2, -0.15) is 5.10 Å². The van der Waals surface area contributed by atoms with Gasteiger partial charge in [0.1, 0.15) is 5.84 Å². The molecule has 1 aliphatic rings. The van der Waals surface area contributed by atoms with Crippen LogP contribution in [0.25, 0.3) is 0 Å². The van der Waals surface area contributed by atoms with Gasteiger partial charge >= 0.3 is 0 Å². The van der Waals surface area contributed by atoms with Crippen LogP contribution in [0, 0.1) is 0 Å². The third-order valence-corrected chi connectivity index (χ3v) is 2.93. The van der Waals surface area contributed by atoms with Gasteiger partial charge in [-0.3, -0.25) is 5.01 Å². The maximum atomic E-state index is 5.73. The summed E-state index contributed by atoms with van der Waals surface area (Å²) in [6.45, 7) is 0. The molecule has 1 aromatic carbocycles. The summed E-state index contributed by atoms with van der Waals surface area (Å²) in [6, 6.07) is 6.05. The fraction of sp³-hybridized carbons (Fsp3) is 0.417. The molecule has 5 nitrogen and oxygen atoms in total. The monoisotopic (exact) mass is 235 g/mol. The zero-order valence-corrected chi connectivity index (χ0v) is 10.3. The molecular weight excluding hydrogens is 218 g/mol. The predicted molar refractivity (Wildman–Crippen MR) is 66.3 cm³/mol. The van der Waals surface area contributed by atoms with Crippen molar-refractivity contribution in [2.24, 2.45) is 10.8 Å². The quantitative estimate of drug-likeness (QED) is 0.859. The highest BCUT2D eigenvalue weighted by molar-refractivity contribution is 5.82. The maximum Gasteiger partial charge on any atom is 0.161 e. The summed E-state index contributed by atoms with van der Waals surface area (Å²) in [5, 5.41) is 6.07. The van der Waals surface area contributed by atoms with E-state index in [1.165, 1.54) is 0 Å². The highest BCUT2D eigenvalue weighted by atomic mass is 16.5. The number of methoxy groups -OCH3 is 2. The Bertz CT molecular complexity index is 445. The van der Waals surface area contributed by atoms with Gasteiger partial charge in [-0.1, -0.05) is 6.07 Å². The molecule has 1 aromatic rings. The van der Waals surface area contributed by atoms with E-state index in [4.69, 9.17) is 15.2 Å². The van der Waals surface area contributed by atoms with Crippen molar-refractivity contribution in [2.75, 3.05) is 21.3 Å². The van der Waals surface area contributed by atoms with Crippen LogP contribution in [-0.4, -0.2) is 32.1 Å². The first kappa shape index (κ1) is 11.6. The van der Waals surface area contributed by atoms with Gasteiger partial charge in [0.25, 0.3) is 0 Å². The number of ether oxygens (including phenoxy) is 2. The van der Waals surface area contributed by atoms with Crippen LogP contribution in [0.5, 0.6) is 11.5 Å². The summed E-state index contributed by atoms with van der Waals surface area (Å²) in [7, 11) is 5.17. The smallest absolute Gasteiger partial charge is 0.161 e. The van der Waals surface area contributed by atoms with Crippen molar-refractivity contribution >= 4 is 5.84 Å². The summed E-state index contributed by atoms with van der Waals surface area (Å²) in [5.74, 6) is 2.11. The average Bonchev–Trinajstić information content (AvgIpc) is 2.67. The Morgan fingerprint density at radius 3 is 2.53 bits per heavy atom. The number of benzene rings is 1. The van der Waals surface area contributed by atoms with Gasteiger partial charge in [-0.15, -0.1) is 0 Å². The second-order valence-electron chi connectivity index (χ2n) is 4.00. The lowest BCUT2D eigenvalue weighted by atomic mass is 10.0. The van der Waals surface area contributed by atoms with Crippen LogP contribution >= 0.6 is 0 Å². The summed E-state index contributed by atoms with van der Waals surface area (Å²) in [4.78, 5) is 0. The van der Waals surface area contributed by atoms with Crippen LogP contribution in [0.3, 0.4) is 0 Å². The van der Waals surface area contributed by atoms with Gasteiger partial charge in [0, 0.05) is 13.5 Å². The predicted octanol–water partition coefficient (Wildman–Crippen LogP) is 1.35. The molecule has 0 radical (unpaired) electrons. The van der Waals surface area contributed by atoms with Gasteiger partial charge < -0.3 is 15.2 Å². The molecule has 0 saturated carbocycles. The van der Waals surface area contributed by atoms with Crippen LogP contribution in [-0.2, 0) is 0 Å². The minimum atomic E-state index is 0.176. The van der Waals surface area contributed by atoms with Crippen molar-refractivity contribution in [3.05, 3.63) is 23.8 Å². The zero-order chi connectivity index (χ0) is 12.4.